The lowest BCUT2D eigenvalue weighted by molar-refractivity contribution is -0.384. The minimum Gasteiger partial charge on any atom is -0.497 e. The maximum Gasteiger partial charge on any atom is 0.331 e. The van der Waals surface area contributed by atoms with E-state index in [1.165, 1.54) is 25.3 Å². The fraction of sp³-hybridized carbons (Fsp3) is 0.0870. The molecule has 0 radical (unpaired) electrons. The van der Waals surface area contributed by atoms with Gasteiger partial charge in [-0.1, -0.05) is 54.3 Å². The average Bonchev–Trinajstić information content (AvgIpc) is 3.39. The Morgan fingerprint density at radius 2 is 1.97 bits per heavy atom. The molecule has 2 heterocycles. The van der Waals surface area contributed by atoms with Gasteiger partial charge < -0.3 is 14.3 Å². The molecule has 9 nitrogen and oxygen atoms in total. The van der Waals surface area contributed by atoms with Crippen molar-refractivity contribution in [2.24, 2.45) is 0 Å². The average molecular weight is 497 g/mol. The van der Waals surface area contributed by atoms with Crippen LogP contribution < -0.4 is 4.74 Å². The molecule has 2 aromatic carbocycles. The topological polar surface area (TPSA) is 123 Å². The van der Waals surface area contributed by atoms with Crippen LogP contribution in [0.4, 0.5) is 5.69 Å². The molecule has 0 aliphatic carbocycles. The zero-order valence-electron chi connectivity index (χ0n) is 17.5. The number of thioether (sulfide) groups is 1. The summed E-state index contributed by atoms with van der Waals surface area (Å²) in [7, 11) is 1.41. The van der Waals surface area contributed by atoms with Crippen LogP contribution in [0.5, 0.6) is 5.75 Å². The number of nitrogens with zero attached hydrogens (tertiary/aromatic N) is 2. The molecule has 0 saturated carbocycles. The Morgan fingerprint density at radius 1 is 1.24 bits per heavy atom. The normalized spacial score (nSPS) is 15.6. The van der Waals surface area contributed by atoms with Crippen LogP contribution in [-0.4, -0.2) is 38.2 Å². The number of thiocarbonyl (C=S) groups is 1. The molecular weight excluding hydrogens is 480 g/mol. The third kappa shape index (κ3) is 4.43. The van der Waals surface area contributed by atoms with E-state index in [9.17, 15) is 24.8 Å². The second kappa shape index (κ2) is 9.49. The molecule has 1 amide bonds. The molecule has 1 aliphatic heterocycles. The van der Waals surface area contributed by atoms with Crippen LogP contribution in [-0.2, 0) is 9.59 Å². The number of benzene rings is 2. The Labute approximate surface area is 202 Å². The van der Waals surface area contributed by atoms with E-state index in [1.807, 2.05) is 0 Å². The standard InChI is InChI=1S/C23H16N2O7S2/c1-31-14-7-9-16(17(11-14)25(29)30)18-10-8-15(32-18)12-19-21(26)24(23(33)34-19)20(22(27)28)13-5-3-2-4-6-13/h2-12,20H,1H3,(H,27,28)/b19-12+. The van der Waals surface area contributed by atoms with Crippen LogP contribution in [0, 0.1) is 10.1 Å². The van der Waals surface area contributed by atoms with Crippen molar-refractivity contribution in [3.8, 4) is 17.1 Å². The molecule has 1 aromatic heterocycles. The molecule has 3 aromatic rings. The zero-order chi connectivity index (χ0) is 24.4. The van der Waals surface area contributed by atoms with Gasteiger partial charge in [0.15, 0.2) is 6.04 Å². The molecular formula is C23H16N2O7S2. The van der Waals surface area contributed by atoms with Crippen LogP contribution >= 0.6 is 24.0 Å². The summed E-state index contributed by atoms with van der Waals surface area (Å²) < 4.78 is 10.9. The monoisotopic (exact) mass is 496 g/mol. The van der Waals surface area contributed by atoms with Crippen molar-refractivity contribution < 1.29 is 28.8 Å². The molecule has 34 heavy (non-hydrogen) atoms. The first kappa shape index (κ1) is 23.2. The van der Waals surface area contributed by atoms with Crippen molar-refractivity contribution in [3.05, 3.63) is 87.0 Å². The van der Waals surface area contributed by atoms with E-state index in [4.69, 9.17) is 21.4 Å². The van der Waals surface area contributed by atoms with Crippen LogP contribution in [0.2, 0.25) is 0 Å². The first-order chi connectivity index (χ1) is 16.3. The van der Waals surface area contributed by atoms with E-state index in [2.05, 4.69) is 0 Å². The van der Waals surface area contributed by atoms with E-state index < -0.39 is 22.8 Å². The van der Waals surface area contributed by atoms with Crippen LogP contribution in [0.1, 0.15) is 17.4 Å². The van der Waals surface area contributed by atoms with Crippen molar-refractivity contribution in [2.45, 2.75) is 6.04 Å². The molecule has 1 saturated heterocycles. The number of nitro groups is 1. The molecule has 4 rings (SSSR count). The number of methoxy groups -OCH3 is 1. The minimum atomic E-state index is -1.27. The maximum atomic E-state index is 13.1. The summed E-state index contributed by atoms with van der Waals surface area (Å²) in [5.41, 5.74) is 0.464. The summed E-state index contributed by atoms with van der Waals surface area (Å²) in [6, 6.07) is 14.5. The van der Waals surface area contributed by atoms with Gasteiger partial charge in [-0.3, -0.25) is 19.8 Å². The Balaban J connectivity index is 1.65. The van der Waals surface area contributed by atoms with Gasteiger partial charge in [0.1, 0.15) is 21.6 Å². The van der Waals surface area contributed by atoms with Gasteiger partial charge in [0.2, 0.25) is 0 Å². The molecule has 11 heteroatoms. The molecule has 1 aliphatic rings. The predicted octanol–water partition coefficient (Wildman–Crippen LogP) is 4.89. The van der Waals surface area contributed by atoms with Gasteiger partial charge in [-0.05, 0) is 29.8 Å². The number of carboxylic acids is 1. The number of rotatable bonds is 7. The first-order valence-corrected chi connectivity index (χ1v) is 11.0. The molecule has 1 unspecified atom stereocenters. The van der Waals surface area contributed by atoms with Crippen molar-refractivity contribution in [2.75, 3.05) is 7.11 Å². The lowest BCUT2D eigenvalue weighted by Gasteiger charge is -2.23. The van der Waals surface area contributed by atoms with Crippen molar-refractivity contribution in [1.29, 1.82) is 0 Å². The second-order valence-corrected chi connectivity index (χ2v) is 8.72. The number of carbonyl (C=O) groups excluding carboxylic acids is 1. The van der Waals surface area contributed by atoms with Gasteiger partial charge in [-0.25, -0.2) is 4.79 Å². The highest BCUT2D eigenvalue weighted by Gasteiger charge is 2.41. The van der Waals surface area contributed by atoms with Crippen LogP contribution in [0.25, 0.3) is 17.4 Å². The highest BCUT2D eigenvalue weighted by Crippen LogP contribution is 2.39. The van der Waals surface area contributed by atoms with E-state index in [-0.39, 0.29) is 32.0 Å². The Kier molecular flexibility index (Phi) is 6.48. The third-order valence-electron chi connectivity index (χ3n) is 5.00. The summed E-state index contributed by atoms with van der Waals surface area (Å²) >= 11 is 6.26. The number of carbonyl (C=O) groups is 2. The number of carboxylic acid groups (broad SMARTS) is 1. The van der Waals surface area contributed by atoms with E-state index >= 15 is 0 Å². The van der Waals surface area contributed by atoms with E-state index in [1.54, 1.807) is 48.5 Å². The fourth-order valence-corrected chi connectivity index (χ4v) is 4.74. The molecule has 1 atom stereocenters. The lowest BCUT2D eigenvalue weighted by Crippen LogP contribution is -2.37. The SMILES string of the molecule is COc1ccc(-c2ccc(/C=C3/SC(=S)N(C(C(=O)O)c4ccccc4)C3=O)o2)c([N+](=O)[O-])c1. The Morgan fingerprint density at radius 3 is 2.62 bits per heavy atom. The van der Waals surface area contributed by atoms with Gasteiger partial charge in [0.05, 0.1) is 28.6 Å². The van der Waals surface area contributed by atoms with E-state index in [0.29, 0.717) is 11.3 Å². The van der Waals surface area contributed by atoms with Gasteiger partial charge in [0.25, 0.3) is 11.6 Å². The van der Waals surface area contributed by atoms with E-state index in [0.717, 1.165) is 16.7 Å². The number of hydrogen-bond donors (Lipinski definition) is 1. The number of amides is 1. The highest BCUT2D eigenvalue weighted by atomic mass is 32.2. The summed E-state index contributed by atoms with van der Waals surface area (Å²) in [4.78, 5) is 37.2. The molecule has 0 bridgehead atoms. The van der Waals surface area contributed by atoms with Crippen LogP contribution in [0.15, 0.2) is 70.0 Å². The molecule has 1 N–H and O–H groups in total. The number of furan rings is 1. The zero-order valence-corrected chi connectivity index (χ0v) is 19.2. The number of nitro benzene ring substituents is 1. The summed E-state index contributed by atoms with van der Waals surface area (Å²) in [6.45, 7) is 0. The number of hydrogen-bond acceptors (Lipinski definition) is 8. The van der Waals surface area contributed by atoms with Crippen LogP contribution in [0.3, 0.4) is 0 Å². The minimum absolute atomic E-state index is 0.102. The predicted molar refractivity (Wildman–Crippen MR) is 129 cm³/mol. The summed E-state index contributed by atoms with van der Waals surface area (Å²) in [5, 5.41) is 21.3. The van der Waals surface area contributed by atoms with Crippen molar-refractivity contribution in [1.82, 2.24) is 4.90 Å². The molecule has 1 fully saturated rings. The smallest absolute Gasteiger partial charge is 0.331 e. The van der Waals surface area contributed by atoms with Gasteiger partial charge in [-0.2, -0.15) is 0 Å². The third-order valence-corrected chi connectivity index (χ3v) is 6.33. The quantitative estimate of drug-likeness (QED) is 0.211. The van der Waals surface area contributed by atoms with Crippen molar-refractivity contribution >= 4 is 51.9 Å². The van der Waals surface area contributed by atoms with Crippen molar-refractivity contribution in [3.63, 3.8) is 0 Å². The fourth-order valence-electron chi connectivity index (χ4n) is 3.44. The Hall–Kier alpha value is -3.96. The largest absolute Gasteiger partial charge is 0.497 e. The first-order valence-electron chi connectivity index (χ1n) is 9.77. The number of aliphatic carboxylic acids is 1. The maximum absolute atomic E-state index is 13.1. The van der Waals surface area contributed by atoms with Gasteiger partial charge >= 0.3 is 5.97 Å². The highest BCUT2D eigenvalue weighted by molar-refractivity contribution is 8.26. The lowest BCUT2D eigenvalue weighted by atomic mass is 10.1. The number of ether oxygens (including phenoxy) is 1. The summed E-state index contributed by atoms with van der Waals surface area (Å²) in [5.74, 6) is -0.969. The molecule has 0 spiro atoms. The molecule has 172 valence electrons. The Bertz CT molecular complexity index is 1330. The van der Waals surface area contributed by atoms with Gasteiger partial charge in [-0.15, -0.1) is 0 Å². The summed E-state index contributed by atoms with van der Waals surface area (Å²) in [6.07, 6.45) is 1.43. The second-order valence-electron chi connectivity index (χ2n) is 7.05. The van der Waals surface area contributed by atoms with Gasteiger partial charge in [0, 0.05) is 6.08 Å².